The van der Waals surface area contributed by atoms with E-state index in [1.165, 1.54) is 17.6 Å². The molecule has 106 valence electrons. The zero-order valence-corrected chi connectivity index (χ0v) is 11.9. The van der Waals surface area contributed by atoms with E-state index in [1.807, 2.05) is 0 Å². The molecule has 0 fully saturated rings. The molecule has 0 aliphatic carbocycles. The minimum absolute atomic E-state index is 0.209. The third-order valence-electron chi connectivity index (χ3n) is 2.42. The lowest BCUT2D eigenvalue weighted by Crippen LogP contribution is -2.45. The SMILES string of the molecule is O=C(CCl)NC(Cc1ccco1)C(=O)Nc1nccs1. The van der Waals surface area contributed by atoms with Crippen LogP contribution < -0.4 is 10.6 Å². The molecule has 2 heterocycles. The number of hydrogen-bond donors (Lipinski definition) is 2. The summed E-state index contributed by atoms with van der Waals surface area (Å²) in [6.07, 6.45) is 3.33. The van der Waals surface area contributed by atoms with Gasteiger partial charge in [-0.2, -0.15) is 0 Å². The van der Waals surface area contributed by atoms with Crippen molar-refractivity contribution in [2.24, 2.45) is 0 Å². The fraction of sp³-hybridized carbons (Fsp3) is 0.250. The molecule has 2 aromatic heterocycles. The first-order valence-electron chi connectivity index (χ1n) is 5.77. The Kier molecular flexibility index (Phi) is 5.14. The summed E-state index contributed by atoms with van der Waals surface area (Å²) in [5, 5.41) is 7.40. The quantitative estimate of drug-likeness (QED) is 0.794. The van der Waals surface area contributed by atoms with Gasteiger partial charge in [-0.05, 0) is 12.1 Å². The molecule has 1 atom stereocenters. The third-order valence-corrected chi connectivity index (χ3v) is 3.35. The first kappa shape index (κ1) is 14.5. The summed E-state index contributed by atoms with van der Waals surface area (Å²) in [7, 11) is 0. The molecule has 6 nitrogen and oxygen atoms in total. The number of furan rings is 1. The molecule has 2 aromatic rings. The summed E-state index contributed by atoms with van der Waals surface area (Å²) >= 11 is 6.74. The van der Waals surface area contributed by atoms with E-state index >= 15 is 0 Å². The van der Waals surface area contributed by atoms with Crippen molar-refractivity contribution in [1.29, 1.82) is 0 Å². The lowest BCUT2D eigenvalue weighted by atomic mass is 10.1. The average Bonchev–Trinajstić information content (AvgIpc) is 3.11. The van der Waals surface area contributed by atoms with E-state index in [-0.39, 0.29) is 18.2 Å². The molecule has 0 spiro atoms. The number of rotatable bonds is 6. The molecular formula is C12H12ClN3O3S. The largest absolute Gasteiger partial charge is 0.469 e. The minimum Gasteiger partial charge on any atom is -0.469 e. The number of nitrogens with zero attached hydrogens (tertiary/aromatic N) is 1. The molecule has 0 bridgehead atoms. The van der Waals surface area contributed by atoms with Crippen molar-refractivity contribution in [3.63, 3.8) is 0 Å². The molecule has 0 aliphatic rings. The highest BCUT2D eigenvalue weighted by Crippen LogP contribution is 2.12. The van der Waals surface area contributed by atoms with E-state index in [9.17, 15) is 9.59 Å². The highest BCUT2D eigenvalue weighted by Gasteiger charge is 2.22. The fourth-order valence-electron chi connectivity index (χ4n) is 1.55. The van der Waals surface area contributed by atoms with Crippen LogP contribution in [0.25, 0.3) is 0 Å². The van der Waals surface area contributed by atoms with E-state index in [0.717, 1.165) is 0 Å². The molecule has 20 heavy (non-hydrogen) atoms. The van der Waals surface area contributed by atoms with Crippen LogP contribution in [0.1, 0.15) is 5.76 Å². The van der Waals surface area contributed by atoms with E-state index in [4.69, 9.17) is 16.0 Å². The van der Waals surface area contributed by atoms with Gasteiger partial charge in [0.2, 0.25) is 11.8 Å². The van der Waals surface area contributed by atoms with Crippen molar-refractivity contribution >= 4 is 39.9 Å². The predicted octanol–water partition coefficient (Wildman–Crippen LogP) is 1.64. The summed E-state index contributed by atoms with van der Waals surface area (Å²) in [5.74, 6) is -0.398. The molecule has 0 saturated carbocycles. The van der Waals surface area contributed by atoms with Crippen LogP contribution in [0.15, 0.2) is 34.4 Å². The summed E-state index contributed by atoms with van der Waals surface area (Å²) in [4.78, 5) is 27.5. The number of halogens is 1. The van der Waals surface area contributed by atoms with Crippen molar-refractivity contribution in [2.45, 2.75) is 12.5 Å². The number of carbonyl (C=O) groups excluding carboxylic acids is 2. The van der Waals surface area contributed by atoms with Crippen molar-refractivity contribution < 1.29 is 14.0 Å². The number of anilines is 1. The number of nitrogens with one attached hydrogen (secondary N) is 2. The van der Waals surface area contributed by atoms with Crippen LogP contribution in [0.3, 0.4) is 0 Å². The Hall–Kier alpha value is -1.86. The Labute approximate surface area is 124 Å². The number of carbonyl (C=O) groups is 2. The van der Waals surface area contributed by atoms with E-state index in [2.05, 4.69) is 15.6 Å². The molecular weight excluding hydrogens is 302 g/mol. The van der Waals surface area contributed by atoms with Gasteiger partial charge in [0.15, 0.2) is 5.13 Å². The lowest BCUT2D eigenvalue weighted by Gasteiger charge is -2.16. The van der Waals surface area contributed by atoms with E-state index in [0.29, 0.717) is 10.9 Å². The topological polar surface area (TPSA) is 84.2 Å². The predicted molar refractivity (Wildman–Crippen MR) is 75.8 cm³/mol. The van der Waals surface area contributed by atoms with Crippen LogP contribution in [-0.2, 0) is 16.0 Å². The molecule has 0 aliphatic heterocycles. The Morgan fingerprint density at radius 2 is 2.35 bits per heavy atom. The van der Waals surface area contributed by atoms with Gasteiger partial charge in [0.05, 0.1) is 6.26 Å². The maximum atomic E-state index is 12.1. The molecule has 0 radical (unpaired) electrons. The van der Waals surface area contributed by atoms with Crippen LogP contribution >= 0.6 is 22.9 Å². The van der Waals surface area contributed by atoms with Crippen molar-refractivity contribution in [3.8, 4) is 0 Å². The second-order valence-electron chi connectivity index (χ2n) is 3.86. The molecule has 8 heteroatoms. The summed E-state index contributed by atoms with van der Waals surface area (Å²) in [6.45, 7) is 0. The Morgan fingerprint density at radius 1 is 1.50 bits per heavy atom. The van der Waals surface area contributed by atoms with Crippen LogP contribution in [-0.4, -0.2) is 28.7 Å². The second kappa shape index (κ2) is 7.06. The number of amides is 2. The fourth-order valence-corrected chi connectivity index (χ4v) is 2.16. The van der Waals surface area contributed by atoms with Crippen LogP contribution in [0.2, 0.25) is 0 Å². The van der Waals surface area contributed by atoms with Crippen molar-refractivity contribution in [3.05, 3.63) is 35.7 Å². The highest BCUT2D eigenvalue weighted by atomic mass is 35.5. The third kappa shape index (κ3) is 4.07. The van der Waals surface area contributed by atoms with Gasteiger partial charge >= 0.3 is 0 Å². The molecule has 2 amide bonds. The van der Waals surface area contributed by atoms with Crippen molar-refractivity contribution in [1.82, 2.24) is 10.3 Å². The summed E-state index contributed by atoms with van der Waals surface area (Å²) in [5.41, 5.74) is 0. The summed E-state index contributed by atoms with van der Waals surface area (Å²) in [6, 6.07) is 2.68. The van der Waals surface area contributed by atoms with Crippen LogP contribution in [0.5, 0.6) is 0 Å². The first-order chi connectivity index (χ1) is 9.69. The van der Waals surface area contributed by atoms with Gasteiger partial charge in [0.1, 0.15) is 17.7 Å². The molecule has 0 saturated heterocycles. The lowest BCUT2D eigenvalue weighted by molar-refractivity contribution is -0.125. The number of thiazole rings is 1. The van der Waals surface area contributed by atoms with Crippen LogP contribution in [0.4, 0.5) is 5.13 Å². The van der Waals surface area contributed by atoms with Gasteiger partial charge in [-0.15, -0.1) is 22.9 Å². The smallest absolute Gasteiger partial charge is 0.249 e. The number of aromatic nitrogens is 1. The maximum absolute atomic E-state index is 12.1. The number of alkyl halides is 1. The Bertz CT molecular complexity index is 557. The van der Waals surface area contributed by atoms with Gasteiger partial charge in [-0.1, -0.05) is 0 Å². The number of hydrogen-bond acceptors (Lipinski definition) is 5. The van der Waals surface area contributed by atoms with Crippen molar-refractivity contribution in [2.75, 3.05) is 11.2 Å². The Balaban J connectivity index is 2.04. The molecule has 2 N–H and O–H groups in total. The second-order valence-corrected chi connectivity index (χ2v) is 5.03. The summed E-state index contributed by atoms with van der Waals surface area (Å²) < 4.78 is 5.19. The van der Waals surface area contributed by atoms with Gasteiger partial charge in [0, 0.05) is 18.0 Å². The molecule has 2 rings (SSSR count). The van der Waals surface area contributed by atoms with Gasteiger partial charge in [0.25, 0.3) is 0 Å². The highest BCUT2D eigenvalue weighted by molar-refractivity contribution is 7.13. The van der Waals surface area contributed by atoms with Gasteiger partial charge in [-0.25, -0.2) is 4.98 Å². The maximum Gasteiger partial charge on any atom is 0.249 e. The monoisotopic (exact) mass is 313 g/mol. The standard InChI is InChI=1S/C12H12ClN3O3S/c13-7-10(17)15-9(6-8-2-1-4-19-8)11(18)16-12-14-3-5-20-12/h1-5,9H,6-7H2,(H,15,17)(H,14,16,18). The zero-order valence-electron chi connectivity index (χ0n) is 10.3. The van der Waals surface area contributed by atoms with Crippen LogP contribution in [0, 0.1) is 0 Å². The minimum atomic E-state index is -0.767. The Morgan fingerprint density at radius 3 is 2.95 bits per heavy atom. The first-order valence-corrected chi connectivity index (χ1v) is 7.18. The van der Waals surface area contributed by atoms with E-state index < -0.39 is 11.9 Å². The van der Waals surface area contributed by atoms with E-state index in [1.54, 1.807) is 23.7 Å². The van der Waals surface area contributed by atoms with Gasteiger partial charge < -0.3 is 15.1 Å². The molecule has 0 aromatic carbocycles. The normalized spacial score (nSPS) is 11.8. The zero-order chi connectivity index (χ0) is 14.4. The average molecular weight is 314 g/mol. The molecule has 1 unspecified atom stereocenters. The van der Waals surface area contributed by atoms with Gasteiger partial charge in [-0.3, -0.25) is 9.59 Å².